The lowest BCUT2D eigenvalue weighted by atomic mass is 9.88. The Morgan fingerprint density at radius 3 is 2.81 bits per heavy atom. The van der Waals surface area contributed by atoms with Crippen LogP contribution in [0.2, 0.25) is 10.0 Å². The number of benzene rings is 1. The maximum Gasteiger partial charge on any atom is 0.244 e. The van der Waals surface area contributed by atoms with Crippen molar-refractivity contribution in [2.75, 3.05) is 17.3 Å². The Morgan fingerprint density at radius 2 is 2.04 bits per heavy atom. The molecule has 27 heavy (non-hydrogen) atoms. The van der Waals surface area contributed by atoms with Crippen molar-refractivity contribution in [3.8, 4) is 5.75 Å². The number of halogens is 2. The standard InChI is InChI=1S/C18H20Cl2N4O2S/c19-13-6-7-15(14(20)10-13)26-11-16-21-22-18-24(16)23(8-9-27-18)17(25)12-4-2-1-3-5-12/h6-7,10,12H,1-5,8-9,11H2. The molecule has 0 bridgehead atoms. The van der Waals surface area contributed by atoms with Gasteiger partial charge in [-0.2, -0.15) is 0 Å². The number of amides is 1. The van der Waals surface area contributed by atoms with Crippen LogP contribution in [0.15, 0.2) is 23.4 Å². The van der Waals surface area contributed by atoms with Gasteiger partial charge >= 0.3 is 0 Å². The summed E-state index contributed by atoms with van der Waals surface area (Å²) in [6, 6.07) is 5.07. The number of ether oxygens (including phenoxy) is 1. The van der Waals surface area contributed by atoms with Gasteiger partial charge in [0.15, 0.2) is 5.82 Å². The average Bonchev–Trinajstić information content (AvgIpc) is 3.11. The van der Waals surface area contributed by atoms with E-state index in [-0.39, 0.29) is 18.4 Å². The predicted octanol–water partition coefficient (Wildman–Crippen LogP) is 4.31. The second-order valence-corrected chi connectivity index (χ2v) is 8.62. The van der Waals surface area contributed by atoms with E-state index in [4.69, 9.17) is 27.9 Å². The Labute approximate surface area is 172 Å². The zero-order valence-electron chi connectivity index (χ0n) is 14.7. The third kappa shape index (κ3) is 4.05. The summed E-state index contributed by atoms with van der Waals surface area (Å²) in [7, 11) is 0. The van der Waals surface area contributed by atoms with Crippen molar-refractivity contribution in [1.82, 2.24) is 14.9 Å². The number of thioether (sulfide) groups is 1. The molecule has 0 unspecified atom stereocenters. The van der Waals surface area contributed by atoms with Crippen molar-refractivity contribution < 1.29 is 9.53 Å². The first-order chi connectivity index (χ1) is 13.1. The van der Waals surface area contributed by atoms with Gasteiger partial charge < -0.3 is 4.74 Å². The first-order valence-electron chi connectivity index (χ1n) is 9.10. The minimum Gasteiger partial charge on any atom is -0.484 e. The molecule has 1 saturated carbocycles. The number of fused-ring (bicyclic) bond motifs is 1. The lowest BCUT2D eigenvalue weighted by molar-refractivity contribution is -0.125. The molecule has 1 fully saturated rings. The number of hydrogen-bond donors (Lipinski definition) is 0. The van der Waals surface area contributed by atoms with Crippen molar-refractivity contribution >= 4 is 40.9 Å². The quantitative estimate of drug-likeness (QED) is 0.728. The van der Waals surface area contributed by atoms with E-state index in [1.54, 1.807) is 35.0 Å². The first-order valence-corrected chi connectivity index (χ1v) is 10.8. The molecule has 4 rings (SSSR count). The van der Waals surface area contributed by atoms with Crippen LogP contribution in [0.5, 0.6) is 5.75 Å². The maximum atomic E-state index is 13.1. The second kappa shape index (κ2) is 8.29. The Kier molecular flexibility index (Phi) is 5.80. The van der Waals surface area contributed by atoms with Gasteiger partial charge in [0.2, 0.25) is 11.1 Å². The highest BCUT2D eigenvalue weighted by Gasteiger charge is 2.32. The normalized spacial score (nSPS) is 17.6. The second-order valence-electron chi connectivity index (χ2n) is 6.72. The molecule has 0 N–H and O–H groups in total. The summed E-state index contributed by atoms with van der Waals surface area (Å²) in [6.07, 6.45) is 5.40. The Balaban J connectivity index is 1.53. The molecule has 1 aliphatic heterocycles. The van der Waals surface area contributed by atoms with Crippen LogP contribution in [0.3, 0.4) is 0 Å². The molecular weight excluding hydrogens is 407 g/mol. The molecule has 1 aliphatic carbocycles. The van der Waals surface area contributed by atoms with E-state index in [1.807, 2.05) is 4.68 Å². The van der Waals surface area contributed by atoms with Gasteiger partial charge in [0.05, 0.1) is 11.6 Å². The lowest BCUT2D eigenvalue weighted by Crippen LogP contribution is -2.48. The molecule has 0 atom stereocenters. The van der Waals surface area contributed by atoms with Crippen LogP contribution in [0.1, 0.15) is 37.9 Å². The molecule has 0 radical (unpaired) electrons. The van der Waals surface area contributed by atoms with Gasteiger partial charge in [-0.05, 0) is 31.0 Å². The van der Waals surface area contributed by atoms with Crippen LogP contribution in [-0.4, -0.2) is 33.1 Å². The van der Waals surface area contributed by atoms with E-state index in [9.17, 15) is 4.79 Å². The number of aromatic nitrogens is 3. The molecular formula is C18H20Cl2N4O2S. The molecule has 1 amide bonds. The SMILES string of the molecule is O=C(C1CCCCC1)N1CCSc2nnc(COc3ccc(Cl)cc3Cl)n21. The van der Waals surface area contributed by atoms with Gasteiger partial charge in [-0.1, -0.05) is 54.2 Å². The minimum atomic E-state index is 0.0941. The number of carbonyl (C=O) groups excluding carboxylic acids is 1. The van der Waals surface area contributed by atoms with Gasteiger partial charge in [-0.3, -0.25) is 4.79 Å². The van der Waals surface area contributed by atoms with Crippen LogP contribution >= 0.6 is 35.0 Å². The number of rotatable bonds is 4. The van der Waals surface area contributed by atoms with Gasteiger partial charge in [-0.25, -0.2) is 9.69 Å². The Bertz CT molecular complexity index is 839. The summed E-state index contributed by atoms with van der Waals surface area (Å²) in [5.74, 6) is 2.19. The van der Waals surface area contributed by atoms with E-state index < -0.39 is 0 Å². The highest BCUT2D eigenvalue weighted by molar-refractivity contribution is 7.99. The van der Waals surface area contributed by atoms with Gasteiger partial charge in [-0.15, -0.1) is 10.2 Å². The van der Waals surface area contributed by atoms with Crippen LogP contribution in [-0.2, 0) is 11.4 Å². The molecule has 144 valence electrons. The monoisotopic (exact) mass is 426 g/mol. The van der Waals surface area contributed by atoms with Gasteiger partial charge in [0, 0.05) is 16.7 Å². The molecule has 2 aromatic rings. The maximum absolute atomic E-state index is 13.1. The summed E-state index contributed by atoms with van der Waals surface area (Å²) < 4.78 is 7.63. The summed E-state index contributed by atoms with van der Waals surface area (Å²) in [5, 5.41) is 12.0. The van der Waals surface area contributed by atoms with Crippen molar-refractivity contribution in [3.63, 3.8) is 0 Å². The van der Waals surface area contributed by atoms with Crippen molar-refractivity contribution in [1.29, 1.82) is 0 Å². The first kappa shape index (κ1) is 18.9. The minimum absolute atomic E-state index is 0.0941. The molecule has 9 heteroatoms. The highest BCUT2D eigenvalue weighted by atomic mass is 35.5. The Morgan fingerprint density at radius 1 is 1.22 bits per heavy atom. The molecule has 1 aromatic carbocycles. The van der Waals surface area contributed by atoms with E-state index in [0.717, 1.165) is 36.6 Å². The third-order valence-corrected chi connectivity index (χ3v) is 6.34. The number of hydrogen-bond acceptors (Lipinski definition) is 5. The molecule has 6 nitrogen and oxygen atoms in total. The molecule has 1 aromatic heterocycles. The smallest absolute Gasteiger partial charge is 0.244 e. The van der Waals surface area contributed by atoms with Crippen LogP contribution in [0, 0.1) is 5.92 Å². The molecule has 2 heterocycles. The van der Waals surface area contributed by atoms with Crippen LogP contribution < -0.4 is 9.75 Å². The van der Waals surface area contributed by atoms with E-state index in [0.29, 0.717) is 28.2 Å². The third-order valence-electron chi connectivity index (χ3n) is 4.91. The highest BCUT2D eigenvalue weighted by Crippen LogP contribution is 2.30. The number of carbonyl (C=O) groups is 1. The topological polar surface area (TPSA) is 60.3 Å². The zero-order chi connectivity index (χ0) is 18.8. The largest absolute Gasteiger partial charge is 0.484 e. The Hall–Kier alpha value is -1.44. The van der Waals surface area contributed by atoms with Crippen molar-refractivity contribution in [3.05, 3.63) is 34.1 Å². The molecule has 0 saturated heterocycles. The summed E-state index contributed by atoms with van der Waals surface area (Å²) in [6.45, 7) is 0.823. The van der Waals surface area contributed by atoms with E-state index in [1.165, 1.54) is 6.42 Å². The van der Waals surface area contributed by atoms with Gasteiger partial charge in [0.25, 0.3) is 0 Å². The predicted molar refractivity (Wildman–Crippen MR) is 106 cm³/mol. The fourth-order valence-electron chi connectivity index (χ4n) is 3.55. The fourth-order valence-corrected chi connectivity index (χ4v) is 4.88. The van der Waals surface area contributed by atoms with Crippen LogP contribution in [0.4, 0.5) is 0 Å². The molecule has 2 aliphatic rings. The summed E-state index contributed by atoms with van der Waals surface area (Å²) in [4.78, 5) is 13.1. The van der Waals surface area contributed by atoms with Crippen molar-refractivity contribution in [2.45, 2.75) is 43.9 Å². The molecule has 0 spiro atoms. The summed E-state index contributed by atoms with van der Waals surface area (Å²) in [5.41, 5.74) is 0. The average molecular weight is 427 g/mol. The van der Waals surface area contributed by atoms with E-state index in [2.05, 4.69) is 10.2 Å². The summed E-state index contributed by atoms with van der Waals surface area (Å²) >= 11 is 13.7. The van der Waals surface area contributed by atoms with Crippen LogP contribution in [0.25, 0.3) is 0 Å². The van der Waals surface area contributed by atoms with Gasteiger partial charge in [0.1, 0.15) is 12.4 Å². The van der Waals surface area contributed by atoms with Crippen molar-refractivity contribution in [2.24, 2.45) is 5.92 Å². The zero-order valence-corrected chi connectivity index (χ0v) is 17.1. The lowest BCUT2D eigenvalue weighted by Gasteiger charge is -2.33. The number of nitrogens with zero attached hydrogens (tertiary/aromatic N) is 4. The van der Waals surface area contributed by atoms with E-state index >= 15 is 0 Å². The fraction of sp³-hybridized carbons (Fsp3) is 0.500.